The van der Waals surface area contributed by atoms with Crippen LogP contribution in [0.4, 0.5) is 0 Å². The van der Waals surface area contributed by atoms with Gasteiger partial charge in [-0.25, -0.2) is 8.42 Å². The van der Waals surface area contributed by atoms with Gasteiger partial charge in [-0.1, -0.05) is 0 Å². The number of rotatable bonds is 5. The van der Waals surface area contributed by atoms with Crippen LogP contribution in [-0.4, -0.2) is 60.6 Å². The number of nitrogens with zero attached hydrogens (tertiary/aromatic N) is 3. The van der Waals surface area contributed by atoms with E-state index in [0.29, 0.717) is 25.3 Å². The van der Waals surface area contributed by atoms with Gasteiger partial charge in [-0.2, -0.15) is 9.40 Å². The first-order valence-electron chi connectivity index (χ1n) is 8.89. The Morgan fingerprint density at radius 1 is 1.38 bits per heavy atom. The highest BCUT2D eigenvalue weighted by atomic mass is 35.5. The van der Waals surface area contributed by atoms with Crippen molar-refractivity contribution >= 4 is 28.3 Å². The Hall–Kier alpha value is -1.16. The molecule has 26 heavy (non-hydrogen) atoms. The van der Waals surface area contributed by atoms with Crippen LogP contribution in [0, 0.1) is 12.8 Å². The Morgan fingerprint density at radius 3 is 2.77 bits per heavy atom. The van der Waals surface area contributed by atoms with E-state index in [-0.39, 0.29) is 35.2 Å². The van der Waals surface area contributed by atoms with Crippen molar-refractivity contribution in [3.63, 3.8) is 0 Å². The summed E-state index contributed by atoms with van der Waals surface area (Å²) in [5, 5.41) is 10.2. The molecule has 2 aliphatic rings. The summed E-state index contributed by atoms with van der Waals surface area (Å²) < 4.78 is 28.9. The van der Waals surface area contributed by atoms with Crippen molar-refractivity contribution in [2.45, 2.75) is 43.5 Å². The molecule has 8 nitrogen and oxygen atoms in total. The van der Waals surface area contributed by atoms with Gasteiger partial charge in [-0.15, -0.1) is 12.4 Å². The van der Waals surface area contributed by atoms with E-state index in [1.54, 1.807) is 18.7 Å². The third-order valence-corrected chi connectivity index (χ3v) is 7.20. The second-order valence-electron chi connectivity index (χ2n) is 6.98. The number of hydrogen-bond donors (Lipinski definition) is 2. The lowest BCUT2D eigenvalue weighted by Gasteiger charge is -2.32. The van der Waals surface area contributed by atoms with E-state index in [9.17, 15) is 13.2 Å². The topological polar surface area (TPSA) is 96.3 Å². The van der Waals surface area contributed by atoms with E-state index in [1.165, 1.54) is 10.5 Å². The molecule has 148 valence electrons. The van der Waals surface area contributed by atoms with Crippen LogP contribution in [0.15, 0.2) is 11.1 Å². The van der Waals surface area contributed by atoms with Crippen molar-refractivity contribution in [3.8, 4) is 0 Å². The summed E-state index contributed by atoms with van der Waals surface area (Å²) in [6.45, 7) is 4.13. The molecule has 0 saturated carbocycles. The van der Waals surface area contributed by atoms with Gasteiger partial charge in [0.15, 0.2) is 0 Å². The standard InChI is InChI=1S/C16H27N5O3S.ClH/c1-12-15(10-19-20(12)2)25(23,24)21-8-4-5-13(11-21)9-18-16(22)14-6-3-7-17-14;/h10,13-14,17H,3-9,11H2,1-2H3,(H,18,22);1H. The first-order chi connectivity index (χ1) is 11.9. The van der Waals surface area contributed by atoms with Crippen LogP contribution < -0.4 is 10.6 Å². The molecule has 0 spiro atoms. The Kier molecular flexibility index (Phi) is 7.06. The minimum atomic E-state index is -3.53. The summed E-state index contributed by atoms with van der Waals surface area (Å²) >= 11 is 0. The number of hydrogen-bond acceptors (Lipinski definition) is 5. The second-order valence-corrected chi connectivity index (χ2v) is 8.89. The summed E-state index contributed by atoms with van der Waals surface area (Å²) in [4.78, 5) is 12.4. The van der Waals surface area contributed by atoms with E-state index in [0.717, 1.165) is 32.2 Å². The number of carbonyl (C=O) groups is 1. The number of amides is 1. The van der Waals surface area contributed by atoms with E-state index < -0.39 is 10.0 Å². The molecule has 1 aromatic rings. The van der Waals surface area contributed by atoms with Gasteiger partial charge in [0.1, 0.15) is 4.90 Å². The van der Waals surface area contributed by atoms with Gasteiger partial charge in [0.05, 0.1) is 17.9 Å². The highest BCUT2D eigenvalue weighted by Crippen LogP contribution is 2.25. The zero-order valence-corrected chi connectivity index (χ0v) is 16.9. The Labute approximate surface area is 161 Å². The lowest BCUT2D eigenvalue weighted by molar-refractivity contribution is -0.123. The third-order valence-electron chi connectivity index (χ3n) is 5.23. The molecule has 10 heteroatoms. The molecule has 2 fully saturated rings. The molecule has 0 radical (unpaired) electrons. The third kappa shape index (κ3) is 4.39. The van der Waals surface area contributed by atoms with Gasteiger partial charge in [0.2, 0.25) is 15.9 Å². The van der Waals surface area contributed by atoms with Crippen molar-refractivity contribution in [3.05, 3.63) is 11.9 Å². The summed E-state index contributed by atoms with van der Waals surface area (Å²) in [5.74, 6) is 0.173. The quantitative estimate of drug-likeness (QED) is 0.740. The minimum absolute atomic E-state index is 0. The van der Waals surface area contributed by atoms with Crippen LogP contribution in [0.5, 0.6) is 0 Å². The second kappa shape index (κ2) is 8.69. The summed E-state index contributed by atoms with van der Waals surface area (Å²) in [6, 6.07) is -0.0959. The Bertz CT molecular complexity index is 730. The number of carbonyl (C=O) groups excluding carboxylic acids is 1. The average molecular weight is 406 g/mol. The first-order valence-corrected chi connectivity index (χ1v) is 10.3. The van der Waals surface area contributed by atoms with Crippen LogP contribution in [0.1, 0.15) is 31.4 Å². The number of aromatic nitrogens is 2. The van der Waals surface area contributed by atoms with Crippen molar-refractivity contribution in [1.29, 1.82) is 0 Å². The summed E-state index contributed by atoms with van der Waals surface area (Å²) in [6.07, 6.45) is 5.05. The predicted octanol–water partition coefficient (Wildman–Crippen LogP) is 0.419. The molecule has 3 heterocycles. The van der Waals surface area contributed by atoms with Gasteiger partial charge in [-0.05, 0) is 45.1 Å². The maximum Gasteiger partial charge on any atom is 0.246 e. The van der Waals surface area contributed by atoms with E-state index in [1.807, 2.05) is 0 Å². The summed E-state index contributed by atoms with van der Waals surface area (Å²) in [5.41, 5.74) is 0.641. The molecule has 1 aromatic heterocycles. The van der Waals surface area contributed by atoms with Gasteiger partial charge in [0, 0.05) is 26.7 Å². The number of piperidine rings is 1. The van der Waals surface area contributed by atoms with Crippen molar-refractivity contribution < 1.29 is 13.2 Å². The normalized spacial score (nSPS) is 24.2. The van der Waals surface area contributed by atoms with E-state index >= 15 is 0 Å². The maximum absolute atomic E-state index is 12.9. The number of sulfonamides is 1. The highest BCUT2D eigenvalue weighted by Gasteiger charge is 2.33. The van der Waals surface area contributed by atoms with Gasteiger partial charge >= 0.3 is 0 Å². The lowest BCUT2D eigenvalue weighted by atomic mass is 9.99. The van der Waals surface area contributed by atoms with E-state index in [2.05, 4.69) is 15.7 Å². The molecular weight excluding hydrogens is 378 g/mol. The van der Waals surface area contributed by atoms with Gasteiger partial charge in [-0.3, -0.25) is 9.48 Å². The Balaban J connectivity index is 0.00000243. The smallest absolute Gasteiger partial charge is 0.246 e. The fourth-order valence-corrected chi connectivity index (χ4v) is 5.30. The minimum Gasteiger partial charge on any atom is -0.354 e. The van der Waals surface area contributed by atoms with Crippen LogP contribution in [-0.2, 0) is 21.9 Å². The SMILES string of the molecule is Cc1c(S(=O)(=O)N2CCCC(CNC(=O)C3CCCN3)C2)cnn1C.Cl. The van der Waals surface area contributed by atoms with E-state index in [4.69, 9.17) is 0 Å². The number of aryl methyl sites for hydroxylation is 1. The molecule has 2 aliphatic heterocycles. The van der Waals surface area contributed by atoms with Crippen LogP contribution in [0.2, 0.25) is 0 Å². The molecule has 3 rings (SSSR count). The monoisotopic (exact) mass is 405 g/mol. The molecule has 2 unspecified atom stereocenters. The fraction of sp³-hybridized carbons (Fsp3) is 0.750. The molecule has 2 saturated heterocycles. The zero-order chi connectivity index (χ0) is 18.0. The van der Waals surface area contributed by atoms with Gasteiger partial charge < -0.3 is 10.6 Å². The highest BCUT2D eigenvalue weighted by molar-refractivity contribution is 7.89. The lowest BCUT2D eigenvalue weighted by Crippen LogP contribution is -2.46. The molecule has 1 amide bonds. The zero-order valence-electron chi connectivity index (χ0n) is 15.3. The Morgan fingerprint density at radius 2 is 2.15 bits per heavy atom. The van der Waals surface area contributed by atoms with Gasteiger partial charge in [0.25, 0.3) is 0 Å². The van der Waals surface area contributed by atoms with Crippen LogP contribution in [0.25, 0.3) is 0 Å². The largest absolute Gasteiger partial charge is 0.354 e. The first kappa shape index (κ1) is 21.1. The molecule has 2 N–H and O–H groups in total. The average Bonchev–Trinajstić information content (AvgIpc) is 3.24. The number of halogens is 1. The van der Waals surface area contributed by atoms with Crippen LogP contribution >= 0.6 is 12.4 Å². The van der Waals surface area contributed by atoms with Crippen molar-refractivity contribution in [2.75, 3.05) is 26.2 Å². The predicted molar refractivity (Wildman–Crippen MR) is 101 cm³/mol. The molecule has 0 aliphatic carbocycles. The molecule has 0 aromatic carbocycles. The fourth-order valence-electron chi connectivity index (χ4n) is 3.56. The molecule has 2 atom stereocenters. The van der Waals surface area contributed by atoms with Crippen LogP contribution in [0.3, 0.4) is 0 Å². The number of nitrogens with one attached hydrogen (secondary N) is 2. The summed E-state index contributed by atoms with van der Waals surface area (Å²) in [7, 11) is -1.80. The molecular formula is C16H28ClN5O3S. The molecule has 0 bridgehead atoms. The van der Waals surface area contributed by atoms with Crippen molar-refractivity contribution in [1.82, 2.24) is 24.7 Å². The van der Waals surface area contributed by atoms with Crippen molar-refractivity contribution in [2.24, 2.45) is 13.0 Å². The maximum atomic E-state index is 12.9.